The lowest BCUT2D eigenvalue weighted by Gasteiger charge is -2.26. The lowest BCUT2D eigenvalue weighted by molar-refractivity contribution is -0.114. The third-order valence-electron chi connectivity index (χ3n) is 5.06. The third-order valence-corrected chi connectivity index (χ3v) is 6.96. The molecule has 2 aromatic carbocycles. The van der Waals surface area contributed by atoms with Crippen LogP contribution in [0.15, 0.2) is 41.3 Å². The Bertz CT molecular complexity index is 1000. The zero-order valence-corrected chi connectivity index (χ0v) is 17.5. The molecule has 2 aromatic rings. The van der Waals surface area contributed by atoms with Gasteiger partial charge in [-0.3, -0.25) is 4.79 Å². The molecule has 2 N–H and O–H groups in total. The van der Waals surface area contributed by atoms with Gasteiger partial charge in [-0.1, -0.05) is 12.5 Å². The summed E-state index contributed by atoms with van der Waals surface area (Å²) in [5.74, 6) is -0.649. The summed E-state index contributed by atoms with van der Waals surface area (Å²) in [6, 6.07) is 9.08. The fraction of sp³-hybridized carbons (Fsp3) is 0.381. The van der Waals surface area contributed by atoms with Gasteiger partial charge in [-0.25, -0.2) is 12.8 Å². The molecule has 0 bridgehead atoms. The van der Waals surface area contributed by atoms with E-state index in [1.807, 2.05) is 6.92 Å². The van der Waals surface area contributed by atoms with Crippen molar-refractivity contribution in [3.05, 3.63) is 53.3 Å². The molecule has 0 spiro atoms. The first kappa shape index (κ1) is 21.3. The van der Waals surface area contributed by atoms with Gasteiger partial charge in [0.15, 0.2) is 0 Å². The molecule has 1 saturated heterocycles. The second kappa shape index (κ2) is 8.92. The number of rotatable bonds is 6. The van der Waals surface area contributed by atoms with Gasteiger partial charge in [0.1, 0.15) is 5.82 Å². The molecule has 1 amide bonds. The minimum absolute atomic E-state index is 0.0188. The summed E-state index contributed by atoms with van der Waals surface area (Å²) in [7, 11) is -3.57. The van der Waals surface area contributed by atoms with E-state index in [0.717, 1.165) is 24.8 Å². The van der Waals surface area contributed by atoms with Crippen molar-refractivity contribution in [2.75, 3.05) is 30.3 Å². The molecule has 0 radical (unpaired) electrons. The highest BCUT2D eigenvalue weighted by Crippen LogP contribution is 2.25. The van der Waals surface area contributed by atoms with Gasteiger partial charge in [-0.2, -0.15) is 4.31 Å². The fourth-order valence-corrected chi connectivity index (χ4v) is 4.89. The van der Waals surface area contributed by atoms with Gasteiger partial charge in [0.2, 0.25) is 15.9 Å². The molecule has 0 aliphatic carbocycles. The predicted molar refractivity (Wildman–Crippen MR) is 112 cm³/mol. The summed E-state index contributed by atoms with van der Waals surface area (Å²) in [4.78, 5) is 12.6. The van der Waals surface area contributed by atoms with E-state index in [1.54, 1.807) is 25.1 Å². The second-order valence-corrected chi connectivity index (χ2v) is 9.24. The first-order valence-electron chi connectivity index (χ1n) is 9.68. The maximum atomic E-state index is 13.2. The highest BCUT2D eigenvalue weighted by atomic mass is 32.2. The van der Waals surface area contributed by atoms with Crippen LogP contribution in [0.2, 0.25) is 0 Å². The fourth-order valence-electron chi connectivity index (χ4n) is 3.35. The van der Waals surface area contributed by atoms with Crippen LogP contribution in [0, 0.1) is 19.7 Å². The topological polar surface area (TPSA) is 78.5 Å². The minimum Gasteiger partial charge on any atom is -0.376 e. The Morgan fingerprint density at radius 1 is 1.00 bits per heavy atom. The Morgan fingerprint density at radius 3 is 2.41 bits per heavy atom. The maximum Gasteiger partial charge on any atom is 0.243 e. The monoisotopic (exact) mass is 419 g/mol. The van der Waals surface area contributed by atoms with Crippen LogP contribution < -0.4 is 10.6 Å². The minimum atomic E-state index is -3.57. The standard InChI is InChI=1S/C21H26FN3O3S/c1-15-6-8-18(29(27,28)25-10-4-3-5-11-25)13-20(15)24-21(26)14-23-19-9-7-17(22)12-16(19)2/h6-9,12-13,23H,3-5,10-11,14H2,1-2H3,(H,24,26). The highest BCUT2D eigenvalue weighted by molar-refractivity contribution is 7.89. The quantitative estimate of drug-likeness (QED) is 0.749. The summed E-state index contributed by atoms with van der Waals surface area (Å²) in [6.07, 6.45) is 2.77. The zero-order valence-electron chi connectivity index (χ0n) is 16.7. The number of nitrogens with zero attached hydrogens (tertiary/aromatic N) is 1. The van der Waals surface area contributed by atoms with E-state index in [9.17, 15) is 17.6 Å². The molecule has 29 heavy (non-hydrogen) atoms. The lowest BCUT2D eigenvalue weighted by Crippen LogP contribution is -2.35. The molecule has 8 heteroatoms. The van der Waals surface area contributed by atoms with E-state index < -0.39 is 10.0 Å². The third kappa shape index (κ3) is 5.13. The van der Waals surface area contributed by atoms with Crippen molar-refractivity contribution in [3.8, 4) is 0 Å². The molecular formula is C21H26FN3O3S. The Labute approximate surface area is 171 Å². The van der Waals surface area contributed by atoms with E-state index in [2.05, 4.69) is 10.6 Å². The molecule has 0 atom stereocenters. The van der Waals surface area contributed by atoms with E-state index in [1.165, 1.54) is 22.5 Å². The van der Waals surface area contributed by atoms with Crippen molar-refractivity contribution in [3.63, 3.8) is 0 Å². The number of hydrogen-bond donors (Lipinski definition) is 2. The molecule has 1 heterocycles. The largest absolute Gasteiger partial charge is 0.376 e. The van der Waals surface area contributed by atoms with Crippen LogP contribution in [-0.4, -0.2) is 38.3 Å². The van der Waals surface area contributed by atoms with Crippen molar-refractivity contribution in [2.24, 2.45) is 0 Å². The average molecular weight is 420 g/mol. The first-order valence-corrected chi connectivity index (χ1v) is 11.1. The van der Waals surface area contributed by atoms with E-state index in [4.69, 9.17) is 0 Å². The smallest absolute Gasteiger partial charge is 0.243 e. The van der Waals surface area contributed by atoms with Gasteiger partial charge in [0.05, 0.1) is 11.4 Å². The van der Waals surface area contributed by atoms with Crippen LogP contribution in [0.3, 0.4) is 0 Å². The highest BCUT2D eigenvalue weighted by Gasteiger charge is 2.26. The summed E-state index contributed by atoms with van der Waals surface area (Å²) >= 11 is 0. The SMILES string of the molecule is Cc1cc(F)ccc1NCC(=O)Nc1cc(S(=O)(=O)N2CCCCC2)ccc1C. The Morgan fingerprint density at radius 2 is 1.72 bits per heavy atom. The molecule has 6 nitrogen and oxygen atoms in total. The van der Waals surface area contributed by atoms with Gasteiger partial charge in [0.25, 0.3) is 0 Å². The van der Waals surface area contributed by atoms with Crippen LogP contribution in [-0.2, 0) is 14.8 Å². The molecule has 0 unspecified atom stereocenters. The van der Waals surface area contributed by atoms with Crippen molar-refractivity contribution >= 4 is 27.3 Å². The van der Waals surface area contributed by atoms with Crippen molar-refractivity contribution in [1.82, 2.24) is 4.31 Å². The van der Waals surface area contributed by atoms with E-state index in [-0.39, 0.29) is 23.2 Å². The van der Waals surface area contributed by atoms with E-state index >= 15 is 0 Å². The molecule has 1 aliphatic heterocycles. The molecule has 156 valence electrons. The van der Waals surface area contributed by atoms with Crippen LogP contribution in [0.4, 0.5) is 15.8 Å². The summed E-state index contributed by atoms with van der Waals surface area (Å²) in [5.41, 5.74) is 2.60. The molecule has 0 aromatic heterocycles. The number of halogens is 1. The summed E-state index contributed by atoms with van der Waals surface area (Å²) < 4.78 is 40.5. The van der Waals surface area contributed by atoms with Gasteiger partial charge < -0.3 is 10.6 Å². The Kier molecular flexibility index (Phi) is 6.54. The van der Waals surface area contributed by atoms with Gasteiger partial charge >= 0.3 is 0 Å². The maximum absolute atomic E-state index is 13.2. The van der Waals surface area contributed by atoms with Crippen molar-refractivity contribution in [2.45, 2.75) is 38.0 Å². The normalized spacial score (nSPS) is 15.1. The molecule has 3 rings (SSSR count). The number of carbonyl (C=O) groups excluding carboxylic acids is 1. The Balaban J connectivity index is 1.70. The van der Waals surface area contributed by atoms with E-state index in [0.29, 0.717) is 30.0 Å². The van der Waals surface area contributed by atoms with Crippen molar-refractivity contribution < 1.29 is 17.6 Å². The number of nitrogens with one attached hydrogen (secondary N) is 2. The number of piperidine rings is 1. The van der Waals surface area contributed by atoms with Crippen LogP contribution in [0.25, 0.3) is 0 Å². The molecule has 0 saturated carbocycles. The van der Waals surface area contributed by atoms with Crippen LogP contribution >= 0.6 is 0 Å². The molecule has 1 aliphatic rings. The molecule has 1 fully saturated rings. The Hall–Kier alpha value is -2.45. The second-order valence-electron chi connectivity index (χ2n) is 7.30. The van der Waals surface area contributed by atoms with Gasteiger partial charge in [0, 0.05) is 24.5 Å². The number of amides is 1. The number of carbonyl (C=O) groups is 1. The summed E-state index contributed by atoms with van der Waals surface area (Å²) in [5, 5.41) is 5.74. The van der Waals surface area contributed by atoms with Crippen LogP contribution in [0.5, 0.6) is 0 Å². The molecular weight excluding hydrogens is 393 g/mol. The number of hydrogen-bond acceptors (Lipinski definition) is 4. The number of anilines is 2. The van der Waals surface area contributed by atoms with Crippen molar-refractivity contribution in [1.29, 1.82) is 0 Å². The number of aryl methyl sites for hydroxylation is 2. The van der Waals surface area contributed by atoms with Gasteiger partial charge in [-0.05, 0) is 68.1 Å². The first-order chi connectivity index (χ1) is 13.8. The number of sulfonamides is 1. The summed E-state index contributed by atoms with van der Waals surface area (Å²) in [6.45, 7) is 4.60. The lowest BCUT2D eigenvalue weighted by atomic mass is 10.2. The average Bonchev–Trinajstić information content (AvgIpc) is 2.69. The van der Waals surface area contributed by atoms with Crippen LogP contribution in [0.1, 0.15) is 30.4 Å². The number of benzene rings is 2. The zero-order chi connectivity index (χ0) is 21.0. The van der Waals surface area contributed by atoms with Gasteiger partial charge in [-0.15, -0.1) is 0 Å². The predicted octanol–water partition coefficient (Wildman–Crippen LogP) is 3.67.